The molecule has 1 atom stereocenters. The minimum atomic E-state index is -0.971. The van der Waals surface area contributed by atoms with Crippen molar-refractivity contribution < 1.29 is 19.1 Å². The molecule has 0 aromatic heterocycles. The lowest BCUT2D eigenvalue weighted by atomic mass is 10.1. The first-order valence-electron chi connectivity index (χ1n) is 7.33. The number of hydrogen-bond donors (Lipinski definition) is 1. The van der Waals surface area contributed by atoms with Gasteiger partial charge in [-0.3, -0.25) is 4.79 Å². The summed E-state index contributed by atoms with van der Waals surface area (Å²) in [5.41, 5.74) is 1.62. The van der Waals surface area contributed by atoms with Gasteiger partial charge in [0.2, 0.25) is 0 Å². The van der Waals surface area contributed by atoms with Crippen molar-refractivity contribution >= 4 is 29.2 Å². The summed E-state index contributed by atoms with van der Waals surface area (Å²) in [5, 5.41) is 3.10. The summed E-state index contributed by atoms with van der Waals surface area (Å²) >= 11 is 5.93. The minimum absolute atomic E-state index is 0.411. The molecule has 1 N–H and O–H groups in total. The molecule has 6 heteroatoms. The van der Waals surface area contributed by atoms with Gasteiger partial charge in [0.05, 0.1) is 18.4 Å². The Labute approximate surface area is 145 Å². The molecule has 1 amide bonds. The van der Waals surface area contributed by atoms with Crippen molar-refractivity contribution in [3.05, 3.63) is 58.6 Å². The zero-order chi connectivity index (χ0) is 17.7. The van der Waals surface area contributed by atoms with Gasteiger partial charge in [-0.2, -0.15) is 0 Å². The molecule has 0 radical (unpaired) electrons. The van der Waals surface area contributed by atoms with Gasteiger partial charge in [0.25, 0.3) is 5.91 Å². The Balaban J connectivity index is 2.06. The number of nitrogens with one attached hydrogen (secondary N) is 1. The molecule has 0 saturated carbocycles. The number of aryl methyl sites for hydroxylation is 1. The third kappa shape index (κ3) is 4.26. The third-order valence-corrected chi connectivity index (χ3v) is 3.67. The molecule has 5 nitrogen and oxygen atoms in total. The van der Waals surface area contributed by atoms with Gasteiger partial charge in [0, 0.05) is 5.02 Å². The van der Waals surface area contributed by atoms with E-state index in [1.807, 2.05) is 6.07 Å². The molecule has 0 aliphatic heterocycles. The number of ether oxygens (including phenoxy) is 2. The quantitative estimate of drug-likeness (QED) is 0.834. The SMILES string of the molecule is COc1ccc(Cl)cc1NC(=O)C(C)OC(=O)c1ccccc1C. The molecule has 2 aromatic rings. The van der Waals surface area contributed by atoms with Crippen LogP contribution in [-0.4, -0.2) is 25.1 Å². The number of carbonyl (C=O) groups excluding carboxylic acids is 2. The zero-order valence-corrected chi connectivity index (χ0v) is 14.4. The molecule has 2 rings (SSSR count). The second kappa shape index (κ2) is 7.84. The molecule has 0 fully saturated rings. The van der Waals surface area contributed by atoms with E-state index in [1.54, 1.807) is 43.3 Å². The number of rotatable bonds is 5. The fourth-order valence-electron chi connectivity index (χ4n) is 2.09. The lowest BCUT2D eigenvalue weighted by Crippen LogP contribution is -2.30. The first-order chi connectivity index (χ1) is 11.4. The van der Waals surface area contributed by atoms with Crippen molar-refractivity contribution in [2.24, 2.45) is 0 Å². The summed E-state index contributed by atoms with van der Waals surface area (Å²) in [6.45, 7) is 3.31. The first-order valence-corrected chi connectivity index (χ1v) is 7.71. The van der Waals surface area contributed by atoms with Gasteiger partial charge in [-0.25, -0.2) is 4.79 Å². The first kappa shape index (κ1) is 17.8. The maximum absolute atomic E-state index is 12.3. The molecular formula is C18H18ClNO4. The predicted octanol–water partition coefficient (Wildman–Crippen LogP) is 3.84. The monoisotopic (exact) mass is 347 g/mol. The van der Waals surface area contributed by atoms with Gasteiger partial charge in [-0.1, -0.05) is 29.8 Å². The van der Waals surface area contributed by atoms with Gasteiger partial charge in [-0.05, 0) is 43.7 Å². The fourth-order valence-corrected chi connectivity index (χ4v) is 2.26. The highest BCUT2D eigenvalue weighted by atomic mass is 35.5. The van der Waals surface area contributed by atoms with Crippen molar-refractivity contribution in [3.63, 3.8) is 0 Å². The number of hydrogen-bond acceptors (Lipinski definition) is 4. The number of esters is 1. The normalized spacial score (nSPS) is 11.5. The Morgan fingerprint density at radius 2 is 1.88 bits per heavy atom. The lowest BCUT2D eigenvalue weighted by molar-refractivity contribution is -0.123. The summed E-state index contributed by atoms with van der Waals surface area (Å²) in [5.74, 6) is -0.559. The largest absolute Gasteiger partial charge is 0.495 e. The van der Waals surface area contributed by atoms with Crippen LogP contribution >= 0.6 is 11.6 Å². The van der Waals surface area contributed by atoms with Crippen LogP contribution in [-0.2, 0) is 9.53 Å². The van der Waals surface area contributed by atoms with E-state index >= 15 is 0 Å². The van der Waals surface area contributed by atoms with E-state index < -0.39 is 18.0 Å². The Morgan fingerprint density at radius 3 is 2.54 bits per heavy atom. The van der Waals surface area contributed by atoms with E-state index in [9.17, 15) is 9.59 Å². The van der Waals surface area contributed by atoms with E-state index in [2.05, 4.69) is 5.32 Å². The van der Waals surface area contributed by atoms with Crippen molar-refractivity contribution in [2.75, 3.05) is 12.4 Å². The Kier molecular flexibility index (Phi) is 5.82. The summed E-state index contributed by atoms with van der Waals surface area (Å²) < 4.78 is 10.4. The van der Waals surface area contributed by atoms with Crippen LogP contribution in [0.5, 0.6) is 5.75 Å². The number of benzene rings is 2. The Morgan fingerprint density at radius 1 is 1.17 bits per heavy atom. The van der Waals surface area contributed by atoms with Crippen LogP contribution < -0.4 is 10.1 Å². The second-order valence-electron chi connectivity index (χ2n) is 5.20. The molecule has 0 spiro atoms. The molecule has 0 saturated heterocycles. The van der Waals surface area contributed by atoms with Crippen molar-refractivity contribution in [1.29, 1.82) is 0 Å². The highest BCUT2D eigenvalue weighted by molar-refractivity contribution is 6.31. The summed E-state index contributed by atoms with van der Waals surface area (Å²) in [4.78, 5) is 24.4. The van der Waals surface area contributed by atoms with Crippen molar-refractivity contribution in [2.45, 2.75) is 20.0 Å². The topological polar surface area (TPSA) is 64.6 Å². The Bertz CT molecular complexity index is 760. The Hall–Kier alpha value is -2.53. The molecule has 0 bridgehead atoms. The number of anilines is 1. The standard InChI is InChI=1S/C18H18ClNO4/c1-11-6-4-5-7-14(11)18(22)24-12(2)17(21)20-15-10-13(19)8-9-16(15)23-3/h4-10,12H,1-3H3,(H,20,21). The molecule has 0 heterocycles. The molecule has 126 valence electrons. The second-order valence-corrected chi connectivity index (χ2v) is 5.63. The van der Waals surface area contributed by atoms with Gasteiger partial charge < -0.3 is 14.8 Å². The number of methoxy groups -OCH3 is 1. The average Bonchev–Trinajstić information content (AvgIpc) is 2.55. The predicted molar refractivity (Wildman–Crippen MR) is 92.7 cm³/mol. The molecule has 0 aliphatic rings. The van der Waals surface area contributed by atoms with Gasteiger partial charge in [-0.15, -0.1) is 0 Å². The molecule has 24 heavy (non-hydrogen) atoms. The number of halogens is 1. The van der Waals surface area contributed by atoms with E-state index in [0.29, 0.717) is 22.0 Å². The van der Waals surface area contributed by atoms with Crippen LogP contribution in [0.4, 0.5) is 5.69 Å². The van der Waals surface area contributed by atoms with Crippen LogP contribution in [0.3, 0.4) is 0 Å². The molecule has 2 aromatic carbocycles. The van der Waals surface area contributed by atoms with Gasteiger partial charge in [0.15, 0.2) is 6.10 Å². The molecular weight excluding hydrogens is 330 g/mol. The van der Waals surface area contributed by atoms with E-state index in [1.165, 1.54) is 14.0 Å². The maximum atomic E-state index is 12.3. The van der Waals surface area contributed by atoms with Crippen LogP contribution in [0.15, 0.2) is 42.5 Å². The van der Waals surface area contributed by atoms with Crippen LogP contribution in [0.25, 0.3) is 0 Å². The van der Waals surface area contributed by atoms with Gasteiger partial charge in [0.1, 0.15) is 5.75 Å². The minimum Gasteiger partial charge on any atom is -0.495 e. The van der Waals surface area contributed by atoms with E-state index in [-0.39, 0.29) is 0 Å². The van der Waals surface area contributed by atoms with Gasteiger partial charge >= 0.3 is 5.97 Å². The number of carbonyl (C=O) groups is 2. The average molecular weight is 348 g/mol. The van der Waals surface area contributed by atoms with Crippen LogP contribution in [0, 0.1) is 6.92 Å². The van der Waals surface area contributed by atoms with Crippen LogP contribution in [0.2, 0.25) is 5.02 Å². The summed E-state index contributed by atoms with van der Waals surface area (Å²) in [6, 6.07) is 11.9. The van der Waals surface area contributed by atoms with E-state index in [4.69, 9.17) is 21.1 Å². The van der Waals surface area contributed by atoms with E-state index in [0.717, 1.165) is 5.56 Å². The number of amides is 1. The lowest BCUT2D eigenvalue weighted by Gasteiger charge is -2.16. The zero-order valence-electron chi connectivity index (χ0n) is 13.6. The fraction of sp³-hybridized carbons (Fsp3) is 0.222. The van der Waals surface area contributed by atoms with Crippen molar-refractivity contribution in [1.82, 2.24) is 0 Å². The molecule has 0 aliphatic carbocycles. The van der Waals surface area contributed by atoms with Crippen molar-refractivity contribution in [3.8, 4) is 5.75 Å². The maximum Gasteiger partial charge on any atom is 0.339 e. The summed E-state index contributed by atoms with van der Waals surface area (Å²) in [6.07, 6.45) is -0.971. The third-order valence-electron chi connectivity index (χ3n) is 3.44. The smallest absolute Gasteiger partial charge is 0.339 e. The highest BCUT2D eigenvalue weighted by Gasteiger charge is 2.21. The highest BCUT2D eigenvalue weighted by Crippen LogP contribution is 2.27. The molecule has 1 unspecified atom stereocenters. The summed E-state index contributed by atoms with van der Waals surface area (Å²) in [7, 11) is 1.49. The van der Waals surface area contributed by atoms with Crippen LogP contribution in [0.1, 0.15) is 22.8 Å².